The molecule has 2 fully saturated rings. The van der Waals surface area contributed by atoms with E-state index in [9.17, 15) is 4.79 Å². The van der Waals surface area contributed by atoms with Gasteiger partial charge in [0.15, 0.2) is 0 Å². The molecule has 2 aliphatic heterocycles. The molecule has 7 heteroatoms. The molecule has 19 heavy (non-hydrogen) atoms. The number of amides is 1. The predicted octanol–water partition coefficient (Wildman–Crippen LogP) is -0.515. The normalized spacial score (nSPS) is 24.8. The third-order valence-corrected chi connectivity index (χ3v) is 3.80. The number of aromatic amines is 1. The lowest BCUT2D eigenvalue weighted by Crippen LogP contribution is -2.50. The Hall–Kier alpha value is -1.47. The number of aromatic nitrogens is 3. The van der Waals surface area contributed by atoms with Gasteiger partial charge in [0.2, 0.25) is 5.91 Å². The van der Waals surface area contributed by atoms with Crippen LogP contribution >= 0.6 is 0 Å². The minimum Gasteiger partial charge on any atom is -0.381 e. The quantitative estimate of drug-likeness (QED) is 0.796. The fraction of sp³-hybridized carbons (Fsp3) is 0.750. The molecule has 2 saturated heterocycles. The maximum Gasteiger partial charge on any atom is 0.228 e. The lowest BCUT2D eigenvalue weighted by Gasteiger charge is -2.35. The Morgan fingerprint density at radius 3 is 2.89 bits per heavy atom. The summed E-state index contributed by atoms with van der Waals surface area (Å²) in [6.07, 6.45) is 2.40. The first-order valence-electron chi connectivity index (χ1n) is 6.76. The third kappa shape index (κ3) is 2.93. The van der Waals surface area contributed by atoms with Crippen LogP contribution in [0.2, 0.25) is 0 Å². The minimum absolute atomic E-state index is 0.0841. The number of nitrogens with one attached hydrogen (secondary N) is 1. The molecule has 3 rings (SSSR count). The highest BCUT2D eigenvalue weighted by molar-refractivity contribution is 5.79. The Morgan fingerprint density at radius 1 is 1.42 bits per heavy atom. The molecule has 0 saturated carbocycles. The summed E-state index contributed by atoms with van der Waals surface area (Å²) in [6.45, 7) is 5.46. The molecule has 7 nitrogen and oxygen atoms in total. The van der Waals surface area contributed by atoms with Gasteiger partial charge in [0, 0.05) is 32.8 Å². The Balaban J connectivity index is 1.47. The standard InChI is InChI=1S/C12H19N5O2/c18-12(10-1-6-19-8-10)17-4-2-16(3-5-17)7-11-13-9-14-15-11/h9-10H,1-8H2,(H,13,14,15). The van der Waals surface area contributed by atoms with Gasteiger partial charge in [-0.15, -0.1) is 0 Å². The van der Waals surface area contributed by atoms with Crippen molar-refractivity contribution in [1.29, 1.82) is 0 Å². The highest BCUT2D eigenvalue weighted by Crippen LogP contribution is 2.17. The Kier molecular flexibility index (Phi) is 3.74. The predicted molar refractivity (Wildman–Crippen MR) is 67.2 cm³/mol. The summed E-state index contributed by atoms with van der Waals surface area (Å²) in [6, 6.07) is 0. The topological polar surface area (TPSA) is 74.3 Å². The van der Waals surface area contributed by atoms with E-state index in [1.807, 2.05) is 4.90 Å². The molecule has 0 radical (unpaired) electrons. The van der Waals surface area contributed by atoms with Crippen LogP contribution in [-0.2, 0) is 16.1 Å². The van der Waals surface area contributed by atoms with Crippen molar-refractivity contribution in [2.24, 2.45) is 5.92 Å². The second-order valence-corrected chi connectivity index (χ2v) is 5.09. The Labute approximate surface area is 111 Å². The van der Waals surface area contributed by atoms with E-state index in [2.05, 4.69) is 20.1 Å². The van der Waals surface area contributed by atoms with Crippen molar-refractivity contribution in [3.05, 3.63) is 12.2 Å². The zero-order valence-corrected chi connectivity index (χ0v) is 10.9. The first-order valence-corrected chi connectivity index (χ1v) is 6.76. The van der Waals surface area contributed by atoms with Gasteiger partial charge in [0.1, 0.15) is 12.2 Å². The molecule has 0 spiro atoms. The van der Waals surface area contributed by atoms with Gasteiger partial charge in [0.05, 0.1) is 19.1 Å². The fourth-order valence-electron chi connectivity index (χ4n) is 2.63. The molecule has 0 bridgehead atoms. The third-order valence-electron chi connectivity index (χ3n) is 3.80. The minimum atomic E-state index is 0.0841. The number of piperazine rings is 1. The van der Waals surface area contributed by atoms with Crippen LogP contribution in [0.5, 0.6) is 0 Å². The second kappa shape index (κ2) is 5.66. The van der Waals surface area contributed by atoms with Crippen LogP contribution in [0, 0.1) is 5.92 Å². The van der Waals surface area contributed by atoms with E-state index in [0.717, 1.165) is 51.6 Å². The van der Waals surface area contributed by atoms with Crippen LogP contribution in [0.3, 0.4) is 0 Å². The maximum absolute atomic E-state index is 12.2. The van der Waals surface area contributed by atoms with Crippen LogP contribution in [0.4, 0.5) is 0 Å². The summed E-state index contributed by atoms with van der Waals surface area (Å²) in [4.78, 5) is 20.6. The van der Waals surface area contributed by atoms with Crippen LogP contribution in [0.25, 0.3) is 0 Å². The number of carbonyl (C=O) groups is 1. The lowest BCUT2D eigenvalue weighted by atomic mass is 10.1. The van der Waals surface area contributed by atoms with Crippen LogP contribution in [0.15, 0.2) is 6.33 Å². The average Bonchev–Trinajstić information content (AvgIpc) is 3.12. The van der Waals surface area contributed by atoms with Gasteiger partial charge < -0.3 is 9.64 Å². The highest BCUT2D eigenvalue weighted by Gasteiger charge is 2.30. The van der Waals surface area contributed by atoms with Gasteiger partial charge in [-0.3, -0.25) is 14.8 Å². The molecule has 0 aromatic carbocycles. The Bertz CT molecular complexity index is 408. The number of nitrogens with zero attached hydrogens (tertiary/aromatic N) is 4. The van der Waals surface area contributed by atoms with Gasteiger partial charge >= 0.3 is 0 Å². The summed E-state index contributed by atoms with van der Waals surface area (Å²) >= 11 is 0. The first kappa shape index (κ1) is 12.6. The van der Waals surface area contributed by atoms with E-state index in [0.29, 0.717) is 6.61 Å². The van der Waals surface area contributed by atoms with E-state index < -0.39 is 0 Å². The van der Waals surface area contributed by atoms with Crippen LogP contribution in [0.1, 0.15) is 12.2 Å². The number of rotatable bonds is 3. The van der Waals surface area contributed by atoms with Gasteiger partial charge in [-0.1, -0.05) is 0 Å². The average molecular weight is 265 g/mol. The van der Waals surface area contributed by atoms with Crippen molar-refractivity contribution in [1.82, 2.24) is 25.0 Å². The molecule has 3 heterocycles. The van der Waals surface area contributed by atoms with Crippen LogP contribution in [-0.4, -0.2) is 70.3 Å². The SMILES string of the molecule is O=C(C1CCOC1)N1CCN(Cc2ncn[nH]2)CC1. The maximum atomic E-state index is 12.2. The van der Waals surface area contributed by atoms with Gasteiger partial charge in [-0.05, 0) is 6.42 Å². The molecule has 1 N–H and O–H groups in total. The number of H-pyrrole nitrogens is 1. The highest BCUT2D eigenvalue weighted by atomic mass is 16.5. The van der Waals surface area contributed by atoms with Crippen molar-refractivity contribution in [3.63, 3.8) is 0 Å². The smallest absolute Gasteiger partial charge is 0.228 e. The monoisotopic (exact) mass is 265 g/mol. The molecule has 1 unspecified atom stereocenters. The van der Waals surface area contributed by atoms with Gasteiger partial charge in [0.25, 0.3) is 0 Å². The van der Waals surface area contributed by atoms with Gasteiger partial charge in [-0.2, -0.15) is 5.10 Å². The van der Waals surface area contributed by atoms with Crippen molar-refractivity contribution in [2.45, 2.75) is 13.0 Å². The van der Waals surface area contributed by atoms with Gasteiger partial charge in [-0.25, -0.2) is 4.98 Å². The number of ether oxygens (including phenoxy) is 1. The van der Waals surface area contributed by atoms with E-state index in [-0.39, 0.29) is 11.8 Å². The van der Waals surface area contributed by atoms with Crippen molar-refractivity contribution in [3.8, 4) is 0 Å². The molecule has 104 valence electrons. The summed E-state index contributed by atoms with van der Waals surface area (Å²) in [5.41, 5.74) is 0. The van der Waals surface area contributed by atoms with Crippen molar-refractivity contribution in [2.75, 3.05) is 39.4 Å². The lowest BCUT2D eigenvalue weighted by molar-refractivity contribution is -0.137. The largest absolute Gasteiger partial charge is 0.381 e. The summed E-state index contributed by atoms with van der Waals surface area (Å²) in [7, 11) is 0. The summed E-state index contributed by atoms with van der Waals surface area (Å²) in [5, 5.41) is 6.71. The number of hydrogen-bond donors (Lipinski definition) is 1. The molecular weight excluding hydrogens is 246 g/mol. The van der Waals surface area contributed by atoms with E-state index in [1.54, 1.807) is 0 Å². The molecular formula is C12H19N5O2. The van der Waals surface area contributed by atoms with E-state index in [1.165, 1.54) is 6.33 Å². The van der Waals surface area contributed by atoms with Crippen LogP contribution < -0.4 is 0 Å². The fourth-order valence-corrected chi connectivity index (χ4v) is 2.63. The number of carbonyl (C=O) groups excluding carboxylic acids is 1. The molecule has 1 atom stereocenters. The second-order valence-electron chi connectivity index (χ2n) is 5.09. The number of hydrogen-bond acceptors (Lipinski definition) is 5. The zero-order valence-electron chi connectivity index (χ0n) is 10.9. The molecule has 2 aliphatic rings. The Morgan fingerprint density at radius 2 is 2.26 bits per heavy atom. The summed E-state index contributed by atoms with van der Waals surface area (Å²) < 4.78 is 5.28. The zero-order chi connectivity index (χ0) is 13.1. The van der Waals surface area contributed by atoms with Crippen molar-refractivity contribution >= 4 is 5.91 Å². The van der Waals surface area contributed by atoms with E-state index >= 15 is 0 Å². The van der Waals surface area contributed by atoms with Crippen molar-refractivity contribution < 1.29 is 9.53 Å². The summed E-state index contributed by atoms with van der Waals surface area (Å²) in [5.74, 6) is 1.22. The molecule has 1 aromatic heterocycles. The van der Waals surface area contributed by atoms with E-state index in [4.69, 9.17) is 4.74 Å². The molecule has 0 aliphatic carbocycles. The molecule has 1 amide bonds. The molecule has 1 aromatic rings. The first-order chi connectivity index (χ1) is 9.33.